The lowest BCUT2D eigenvalue weighted by atomic mass is 9.81. The van der Waals surface area contributed by atoms with Gasteiger partial charge in [-0.25, -0.2) is 9.18 Å². The lowest BCUT2D eigenvalue weighted by molar-refractivity contribution is -0.137. The SMILES string of the molecule is O=C(Cc1ccc(C(F)(F)F)cc1F)C1CC2COCC(C1)N2C(=O)OCc1ccccc1. The summed E-state index contributed by atoms with van der Waals surface area (Å²) in [5, 5.41) is 0. The molecule has 1 amide bonds. The molecule has 5 nitrogen and oxygen atoms in total. The number of amides is 1. The molecule has 4 rings (SSSR count). The van der Waals surface area contributed by atoms with Gasteiger partial charge in [-0.1, -0.05) is 36.4 Å². The molecule has 2 unspecified atom stereocenters. The van der Waals surface area contributed by atoms with Gasteiger partial charge in [-0.3, -0.25) is 9.69 Å². The second kappa shape index (κ2) is 9.51. The van der Waals surface area contributed by atoms with Crippen molar-refractivity contribution >= 4 is 11.9 Å². The second-order valence-electron chi connectivity index (χ2n) is 8.41. The van der Waals surface area contributed by atoms with E-state index in [1.165, 1.54) is 0 Å². The van der Waals surface area contributed by atoms with Crippen LogP contribution >= 0.6 is 0 Å². The minimum absolute atomic E-state index is 0.0703. The number of hydrogen-bond donors (Lipinski definition) is 0. The Bertz CT molecular complexity index is 997. The van der Waals surface area contributed by atoms with E-state index in [4.69, 9.17) is 9.47 Å². The fourth-order valence-corrected chi connectivity index (χ4v) is 4.47. The van der Waals surface area contributed by atoms with Crippen molar-refractivity contribution in [2.45, 2.75) is 44.1 Å². The van der Waals surface area contributed by atoms with Gasteiger partial charge in [0.15, 0.2) is 0 Å². The van der Waals surface area contributed by atoms with E-state index in [9.17, 15) is 27.2 Å². The first-order valence-electron chi connectivity index (χ1n) is 10.7. The summed E-state index contributed by atoms with van der Waals surface area (Å²) < 4.78 is 63.5. The van der Waals surface area contributed by atoms with E-state index < -0.39 is 29.6 Å². The molecule has 0 radical (unpaired) electrons. The first-order valence-corrected chi connectivity index (χ1v) is 10.7. The van der Waals surface area contributed by atoms with Crippen LogP contribution < -0.4 is 0 Å². The number of fused-ring (bicyclic) bond motifs is 2. The highest BCUT2D eigenvalue weighted by molar-refractivity contribution is 5.84. The zero-order chi connectivity index (χ0) is 23.6. The molecule has 9 heteroatoms. The summed E-state index contributed by atoms with van der Waals surface area (Å²) in [5.41, 5.74) is -0.305. The van der Waals surface area contributed by atoms with E-state index in [1.54, 1.807) is 4.90 Å². The molecule has 2 bridgehead atoms. The summed E-state index contributed by atoms with van der Waals surface area (Å²) in [4.78, 5) is 27.2. The van der Waals surface area contributed by atoms with Crippen LogP contribution in [0.3, 0.4) is 0 Å². The topological polar surface area (TPSA) is 55.8 Å². The van der Waals surface area contributed by atoms with Gasteiger partial charge in [-0.15, -0.1) is 0 Å². The molecule has 0 spiro atoms. The third kappa shape index (κ3) is 5.35. The lowest BCUT2D eigenvalue weighted by Gasteiger charge is -2.47. The fraction of sp³-hybridized carbons (Fsp3) is 0.417. The molecule has 2 aliphatic rings. The quantitative estimate of drug-likeness (QED) is 0.597. The molecule has 0 aromatic heterocycles. The van der Waals surface area contributed by atoms with Gasteiger partial charge < -0.3 is 9.47 Å². The normalized spacial score (nSPS) is 22.7. The van der Waals surface area contributed by atoms with Crippen molar-refractivity contribution in [2.24, 2.45) is 5.92 Å². The van der Waals surface area contributed by atoms with E-state index in [0.29, 0.717) is 18.9 Å². The standard InChI is InChI=1S/C24H23F4NO4/c25-21-11-18(24(26,27)28)7-6-16(21)10-22(30)17-8-19-13-32-14-20(9-17)29(19)23(31)33-12-15-4-2-1-3-5-15/h1-7,11,17,19-20H,8-10,12-14H2. The number of ether oxygens (including phenoxy) is 2. The molecule has 2 heterocycles. The molecule has 2 aliphatic heterocycles. The zero-order valence-electron chi connectivity index (χ0n) is 17.7. The first kappa shape index (κ1) is 23.2. The number of Topliss-reactive ketones (excluding diaryl/α,β-unsaturated/α-hetero) is 1. The number of piperidine rings is 1. The Kier molecular flexibility index (Phi) is 6.69. The van der Waals surface area contributed by atoms with Crippen molar-refractivity contribution in [2.75, 3.05) is 13.2 Å². The molecule has 0 saturated carbocycles. The van der Waals surface area contributed by atoms with Crippen LogP contribution in [0, 0.1) is 11.7 Å². The van der Waals surface area contributed by atoms with Crippen LogP contribution in [-0.2, 0) is 33.5 Å². The molecule has 2 saturated heterocycles. The fourth-order valence-electron chi connectivity index (χ4n) is 4.47. The van der Waals surface area contributed by atoms with Crippen LogP contribution in [0.25, 0.3) is 0 Å². The van der Waals surface area contributed by atoms with Crippen LogP contribution in [0.2, 0.25) is 0 Å². The third-order valence-corrected chi connectivity index (χ3v) is 6.14. The maximum absolute atomic E-state index is 14.2. The molecular weight excluding hydrogens is 442 g/mol. The summed E-state index contributed by atoms with van der Waals surface area (Å²) >= 11 is 0. The zero-order valence-corrected chi connectivity index (χ0v) is 17.7. The maximum Gasteiger partial charge on any atom is 0.416 e. The molecule has 2 atom stereocenters. The minimum Gasteiger partial charge on any atom is -0.445 e. The van der Waals surface area contributed by atoms with Gasteiger partial charge in [0.2, 0.25) is 0 Å². The molecule has 2 fully saturated rings. The first-order chi connectivity index (χ1) is 15.7. The van der Waals surface area contributed by atoms with Crippen LogP contribution in [-0.4, -0.2) is 42.1 Å². The van der Waals surface area contributed by atoms with Crippen molar-refractivity contribution in [1.82, 2.24) is 4.90 Å². The van der Waals surface area contributed by atoms with Crippen LogP contribution in [0.1, 0.15) is 29.5 Å². The highest BCUT2D eigenvalue weighted by Crippen LogP contribution is 2.34. The van der Waals surface area contributed by atoms with Gasteiger partial charge in [0, 0.05) is 12.3 Å². The van der Waals surface area contributed by atoms with Gasteiger partial charge in [0.1, 0.15) is 18.2 Å². The predicted molar refractivity (Wildman–Crippen MR) is 110 cm³/mol. The summed E-state index contributed by atoms with van der Waals surface area (Å²) in [7, 11) is 0. The van der Waals surface area contributed by atoms with Gasteiger partial charge in [0.05, 0.1) is 30.9 Å². The number of hydrogen-bond acceptors (Lipinski definition) is 4. The molecule has 176 valence electrons. The number of ketones is 1. The highest BCUT2D eigenvalue weighted by Gasteiger charge is 2.44. The Balaban J connectivity index is 1.39. The van der Waals surface area contributed by atoms with Crippen molar-refractivity contribution in [3.05, 3.63) is 71.0 Å². The molecular formula is C24H23F4NO4. The number of alkyl halides is 3. The average molecular weight is 465 g/mol. The Morgan fingerprint density at radius 2 is 1.70 bits per heavy atom. The largest absolute Gasteiger partial charge is 0.445 e. The number of carbonyl (C=O) groups is 2. The van der Waals surface area contributed by atoms with E-state index in [2.05, 4.69) is 0 Å². The molecule has 0 N–H and O–H groups in total. The van der Waals surface area contributed by atoms with E-state index in [0.717, 1.165) is 17.7 Å². The van der Waals surface area contributed by atoms with Crippen LogP contribution in [0.15, 0.2) is 48.5 Å². The van der Waals surface area contributed by atoms with Crippen molar-refractivity contribution < 1.29 is 36.6 Å². The summed E-state index contributed by atoms with van der Waals surface area (Å²) in [6.45, 7) is 0.650. The van der Waals surface area contributed by atoms with Gasteiger partial charge in [-0.05, 0) is 36.1 Å². The lowest BCUT2D eigenvalue weighted by Crippen LogP contribution is -2.60. The Labute approximate surface area is 188 Å². The number of benzene rings is 2. The number of carbonyl (C=O) groups excluding carboxylic acids is 2. The monoisotopic (exact) mass is 465 g/mol. The van der Waals surface area contributed by atoms with Gasteiger partial charge in [0.25, 0.3) is 0 Å². The van der Waals surface area contributed by atoms with E-state index in [-0.39, 0.29) is 49.7 Å². The number of morpholine rings is 1. The Morgan fingerprint density at radius 3 is 2.30 bits per heavy atom. The summed E-state index contributed by atoms with van der Waals surface area (Å²) in [6, 6.07) is 10.8. The second-order valence-corrected chi connectivity index (χ2v) is 8.41. The number of halogens is 4. The molecule has 0 aliphatic carbocycles. The average Bonchev–Trinajstić information content (AvgIpc) is 2.77. The van der Waals surface area contributed by atoms with Crippen molar-refractivity contribution in [1.29, 1.82) is 0 Å². The third-order valence-electron chi connectivity index (χ3n) is 6.14. The summed E-state index contributed by atoms with van der Waals surface area (Å²) in [6.07, 6.45) is -4.76. The van der Waals surface area contributed by atoms with E-state index >= 15 is 0 Å². The number of nitrogens with zero attached hydrogens (tertiary/aromatic N) is 1. The van der Waals surface area contributed by atoms with Crippen LogP contribution in [0.4, 0.5) is 22.4 Å². The Morgan fingerprint density at radius 1 is 1.03 bits per heavy atom. The molecule has 2 aromatic rings. The minimum atomic E-state index is -4.65. The van der Waals surface area contributed by atoms with Crippen LogP contribution in [0.5, 0.6) is 0 Å². The highest BCUT2D eigenvalue weighted by atomic mass is 19.4. The van der Waals surface area contributed by atoms with Gasteiger partial charge in [-0.2, -0.15) is 13.2 Å². The molecule has 33 heavy (non-hydrogen) atoms. The smallest absolute Gasteiger partial charge is 0.416 e. The Hall–Kier alpha value is -2.94. The van der Waals surface area contributed by atoms with Crippen molar-refractivity contribution in [3.8, 4) is 0 Å². The summed E-state index contributed by atoms with van der Waals surface area (Å²) in [5.74, 6) is -1.75. The van der Waals surface area contributed by atoms with E-state index in [1.807, 2.05) is 30.3 Å². The number of rotatable bonds is 5. The molecule has 2 aromatic carbocycles. The van der Waals surface area contributed by atoms with Crippen molar-refractivity contribution in [3.63, 3.8) is 0 Å². The maximum atomic E-state index is 14.2. The van der Waals surface area contributed by atoms with Gasteiger partial charge >= 0.3 is 12.3 Å². The predicted octanol–water partition coefficient (Wildman–Crippen LogP) is 4.77.